The van der Waals surface area contributed by atoms with Crippen LogP contribution in [0.25, 0.3) is 0 Å². The zero-order valence-corrected chi connectivity index (χ0v) is 9.19. The van der Waals surface area contributed by atoms with E-state index >= 15 is 0 Å². The molecule has 0 aliphatic carbocycles. The lowest BCUT2D eigenvalue weighted by Crippen LogP contribution is -2.40. The molecule has 0 unspecified atom stereocenters. The monoisotopic (exact) mass is 218 g/mol. The molecule has 0 bridgehead atoms. The Bertz CT molecular complexity index is 429. The number of ketones is 1. The molecule has 0 saturated heterocycles. The quantitative estimate of drug-likeness (QED) is 0.834. The third-order valence-corrected chi connectivity index (χ3v) is 2.61. The zero-order valence-electron chi connectivity index (χ0n) is 9.19. The fourth-order valence-electron chi connectivity index (χ4n) is 1.77. The summed E-state index contributed by atoms with van der Waals surface area (Å²) in [5.41, 5.74) is 1.70. The van der Waals surface area contributed by atoms with Gasteiger partial charge in [0.2, 0.25) is 5.91 Å². The van der Waals surface area contributed by atoms with E-state index in [9.17, 15) is 9.59 Å². The van der Waals surface area contributed by atoms with Crippen LogP contribution >= 0.6 is 0 Å². The van der Waals surface area contributed by atoms with Crippen molar-refractivity contribution in [1.82, 2.24) is 0 Å². The highest BCUT2D eigenvalue weighted by Gasteiger charge is 2.22. The minimum absolute atomic E-state index is 0.0670. The summed E-state index contributed by atoms with van der Waals surface area (Å²) in [6.07, 6.45) is 0.500. The average molecular weight is 218 g/mol. The molecule has 0 saturated carbocycles. The molecule has 0 spiro atoms. The standard InChI is InChI=1S/C12H14N2O2/c1-2-9(15)7-14-8-12(16)13-10-5-3-4-6-11(10)14/h3-6H,2,7-8H2,1H3,(H,13,16). The van der Waals surface area contributed by atoms with E-state index in [0.29, 0.717) is 13.0 Å². The minimum atomic E-state index is -0.0670. The summed E-state index contributed by atoms with van der Waals surface area (Å²) in [6.45, 7) is 2.39. The summed E-state index contributed by atoms with van der Waals surface area (Å²) in [5, 5.41) is 2.79. The molecule has 0 radical (unpaired) electrons. The maximum Gasteiger partial charge on any atom is 0.243 e. The maximum absolute atomic E-state index is 11.4. The molecule has 0 aromatic heterocycles. The number of nitrogens with one attached hydrogen (secondary N) is 1. The van der Waals surface area contributed by atoms with Crippen LogP contribution in [0.2, 0.25) is 0 Å². The number of benzene rings is 1. The number of nitrogens with zero attached hydrogens (tertiary/aromatic N) is 1. The molecule has 1 aromatic rings. The molecule has 0 fully saturated rings. The van der Waals surface area contributed by atoms with Gasteiger partial charge in [-0.2, -0.15) is 0 Å². The number of rotatable bonds is 3. The number of carbonyl (C=O) groups excluding carboxylic acids is 2. The third-order valence-electron chi connectivity index (χ3n) is 2.61. The van der Waals surface area contributed by atoms with Crippen molar-refractivity contribution >= 4 is 23.1 Å². The van der Waals surface area contributed by atoms with Crippen molar-refractivity contribution in [3.63, 3.8) is 0 Å². The summed E-state index contributed by atoms with van der Waals surface area (Å²) in [6, 6.07) is 7.53. The summed E-state index contributed by atoms with van der Waals surface area (Å²) in [4.78, 5) is 24.7. The van der Waals surface area contributed by atoms with E-state index in [4.69, 9.17) is 0 Å². The predicted octanol–water partition coefficient (Wildman–Crippen LogP) is 1.42. The molecule has 2 rings (SSSR count). The third kappa shape index (κ3) is 2.05. The number of carbonyl (C=O) groups is 2. The number of hydrogen-bond acceptors (Lipinski definition) is 3. The molecule has 1 aliphatic heterocycles. The molecule has 16 heavy (non-hydrogen) atoms. The molecule has 1 aromatic carbocycles. The first-order valence-electron chi connectivity index (χ1n) is 5.36. The van der Waals surface area contributed by atoms with E-state index < -0.39 is 0 Å². The lowest BCUT2D eigenvalue weighted by atomic mass is 10.1. The highest BCUT2D eigenvalue weighted by atomic mass is 16.2. The average Bonchev–Trinajstić information content (AvgIpc) is 2.28. The molecule has 1 N–H and O–H groups in total. The van der Waals surface area contributed by atoms with Crippen LogP contribution < -0.4 is 10.2 Å². The highest BCUT2D eigenvalue weighted by molar-refractivity contribution is 6.02. The predicted molar refractivity (Wildman–Crippen MR) is 62.6 cm³/mol. The van der Waals surface area contributed by atoms with E-state index in [1.54, 1.807) is 0 Å². The first kappa shape index (κ1) is 10.7. The lowest BCUT2D eigenvalue weighted by Gasteiger charge is -2.30. The minimum Gasteiger partial charge on any atom is -0.353 e. The molecule has 0 atom stereocenters. The van der Waals surface area contributed by atoms with Crippen LogP contribution in [0, 0.1) is 0 Å². The SMILES string of the molecule is CCC(=O)CN1CC(=O)Nc2ccccc21. The maximum atomic E-state index is 11.4. The van der Waals surface area contributed by atoms with Gasteiger partial charge in [0, 0.05) is 6.42 Å². The number of anilines is 2. The number of fused-ring (bicyclic) bond motifs is 1. The van der Waals surface area contributed by atoms with E-state index in [-0.39, 0.29) is 18.2 Å². The van der Waals surface area contributed by atoms with E-state index in [1.165, 1.54) is 0 Å². The van der Waals surface area contributed by atoms with Crippen molar-refractivity contribution < 1.29 is 9.59 Å². The second-order valence-corrected chi connectivity index (χ2v) is 3.81. The van der Waals surface area contributed by atoms with Crippen molar-refractivity contribution in [1.29, 1.82) is 0 Å². The molecule has 4 heteroatoms. The molecule has 1 amide bonds. The summed E-state index contributed by atoms with van der Waals surface area (Å²) < 4.78 is 0. The zero-order chi connectivity index (χ0) is 11.5. The van der Waals surface area contributed by atoms with E-state index in [0.717, 1.165) is 11.4 Å². The number of hydrogen-bond donors (Lipinski definition) is 1. The van der Waals surface area contributed by atoms with Crippen LogP contribution in [0.5, 0.6) is 0 Å². The van der Waals surface area contributed by atoms with Gasteiger partial charge in [0.25, 0.3) is 0 Å². The van der Waals surface area contributed by atoms with Gasteiger partial charge in [-0.3, -0.25) is 9.59 Å². The van der Waals surface area contributed by atoms with Gasteiger partial charge >= 0.3 is 0 Å². The van der Waals surface area contributed by atoms with Crippen molar-refractivity contribution in [2.45, 2.75) is 13.3 Å². The molecule has 84 valence electrons. The van der Waals surface area contributed by atoms with Crippen LogP contribution in [0.1, 0.15) is 13.3 Å². The van der Waals surface area contributed by atoms with Gasteiger partial charge in [-0.05, 0) is 12.1 Å². The first-order valence-corrected chi connectivity index (χ1v) is 5.36. The normalized spacial score (nSPS) is 14.3. The van der Waals surface area contributed by atoms with E-state index in [1.807, 2.05) is 36.1 Å². The number of para-hydroxylation sites is 2. The van der Waals surface area contributed by atoms with Gasteiger partial charge in [-0.1, -0.05) is 19.1 Å². The number of amides is 1. The molecule has 4 nitrogen and oxygen atoms in total. The Morgan fingerprint density at radius 1 is 1.44 bits per heavy atom. The van der Waals surface area contributed by atoms with Gasteiger partial charge in [-0.15, -0.1) is 0 Å². The summed E-state index contributed by atoms with van der Waals surface area (Å²) >= 11 is 0. The van der Waals surface area contributed by atoms with Crippen molar-refractivity contribution in [2.24, 2.45) is 0 Å². The Balaban J connectivity index is 2.26. The fourth-order valence-corrected chi connectivity index (χ4v) is 1.77. The largest absolute Gasteiger partial charge is 0.353 e. The van der Waals surface area contributed by atoms with Gasteiger partial charge in [0.05, 0.1) is 24.5 Å². The smallest absolute Gasteiger partial charge is 0.243 e. The van der Waals surface area contributed by atoms with Gasteiger partial charge < -0.3 is 10.2 Å². The van der Waals surface area contributed by atoms with Crippen molar-refractivity contribution in [2.75, 3.05) is 23.3 Å². The molecule has 1 heterocycles. The second kappa shape index (κ2) is 4.35. The molecular formula is C12H14N2O2. The Kier molecular flexibility index (Phi) is 2.90. The molecule has 1 aliphatic rings. The van der Waals surface area contributed by atoms with Gasteiger partial charge in [-0.25, -0.2) is 0 Å². The summed E-state index contributed by atoms with van der Waals surface area (Å²) in [7, 11) is 0. The van der Waals surface area contributed by atoms with Gasteiger partial charge in [0.15, 0.2) is 5.78 Å². The first-order chi connectivity index (χ1) is 7.70. The van der Waals surface area contributed by atoms with Crippen LogP contribution in [0.4, 0.5) is 11.4 Å². The Morgan fingerprint density at radius 2 is 2.19 bits per heavy atom. The van der Waals surface area contributed by atoms with Crippen molar-refractivity contribution in [3.8, 4) is 0 Å². The van der Waals surface area contributed by atoms with Crippen LogP contribution in [-0.4, -0.2) is 24.8 Å². The number of Topliss-reactive ketones (excluding diaryl/α,β-unsaturated/α-hetero) is 1. The van der Waals surface area contributed by atoms with Crippen molar-refractivity contribution in [3.05, 3.63) is 24.3 Å². The Labute approximate surface area is 94.2 Å². The Morgan fingerprint density at radius 3 is 2.94 bits per heavy atom. The summed E-state index contributed by atoms with van der Waals surface area (Å²) in [5.74, 6) is 0.0760. The lowest BCUT2D eigenvalue weighted by molar-refractivity contribution is -0.117. The topological polar surface area (TPSA) is 49.4 Å². The van der Waals surface area contributed by atoms with Crippen LogP contribution in [0.3, 0.4) is 0 Å². The Hall–Kier alpha value is -1.84. The van der Waals surface area contributed by atoms with Gasteiger partial charge in [0.1, 0.15) is 0 Å². The van der Waals surface area contributed by atoms with Crippen LogP contribution in [0.15, 0.2) is 24.3 Å². The van der Waals surface area contributed by atoms with E-state index in [2.05, 4.69) is 5.32 Å². The van der Waals surface area contributed by atoms with Crippen LogP contribution in [-0.2, 0) is 9.59 Å². The molecular weight excluding hydrogens is 204 g/mol. The second-order valence-electron chi connectivity index (χ2n) is 3.81. The fraction of sp³-hybridized carbons (Fsp3) is 0.333. The highest BCUT2D eigenvalue weighted by Crippen LogP contribution is 2.28.